The zero-order chi connectivity index (χ0) is 28.6. The Morgan fingerprint density at radius 3 is 1.35 bits per heavy atom. The summed E-state index contributed by atoms with van der Waals surface area (Å²) in [6, 6.07) is 36.0. The van der Waals surface area contributed by atoms with Crippen molar-refractivity contribution in [2.45, 2.75) is 54.7 Å². The van der Waals surface area contributed by atoms with E-state index in [1.54, 1.807) is 60.7 Å². The molecule has 0 saturated carbocycles. The summed E-state index contributed by atoms with van der Waals surface area (Å²) in [4.78, 5) is 0. The van der Waals surface area contributed by atoms with Crippen LogP contribution in [0.5, 0.6) is 0 Å². The van der Waals surface area contributed by atoms with Crippen molar-refractivity contribution in [2.24, 2.45) is 0 Å². The zero-order valence-corrected chi connectivity index (χ0v) is 23.1. The van der Waals surface area contributed by atoms with Gasteiger partial charge in [-0.3, -0.25) is 0 Å². The summed E-state index contributed by atoms with van der Waals surface area (Å²) in [5, 5.41) is 61.7. The van der Waals surface area contributed by atoms with Crippen LogP contribution >= 0.6 is 12.2 Å². The van der Waals surface area contributed by atoms with Crippen LogP contribution in [0.25, 0.3) is 0 Å². The Balaban J connectivity index is 1.87. The molecule has 0 amide bonds. The largest absolute Gasteiger partial charge is 0.390 e. The quantitative estimate of drug-likeness (QED) is 0.160. The van der Waals surface area contributed by atoms with Crippen LogP contribution in [-0.4, -0.2) is 59.9 Å². The number of aliphatic hydroxyl groups excluding tert-OH is 2. The van der Waals surface area contributed by atoms with Gasteiger partial charge in [-0.05, 0) is 22.3 Å². The highest BCUT2D eigenvalue weighted by Crippen LogP contribution is 2.43. The highest BCUT2D eigenvalue weighted by molar-refractivity contribution is 7.79. The van der Waals surface area contributed by atoms with Crippen molar-refractivity contribution in [3.8, 4) is 0 Å². The predicted octanol–water partition coefficient (Wildman–Crippen LogP) is 3.87. The van der Waals surface area contributed by atoms with Gasteiger partial charge in [-0.15, -0.1) is 0 Å². The van der Waals surface area contributed by atoms with Crippen molar-refractivity contribution in [2.75, 3.05) is 0 Å². The Labute approximate surface area is 241 Å². The number of hydrogen-bond donors (Lipinski definition) is 5. The normalized spacial score (nSPS) is 17.5. The van der Waals surface area contributed by atoms with Gasteiger partial charge in [0, 0.05) is 31.1 Å². The molecule has 0 bridgehead atoms. The topological polar surface area (TPSA) is 101 Å². The van der Waals surface area contributed by atoms with E-state index < -0.39 is 29.0 Å². The standard InChI is InChI=1S/C34H36O5S/c35-30(21-26-13-5-1-6-14-26)31(36)33(38,23-28-17-9-3-10-18-28)34(39,24-29-19-11-4-12-20-29)32(37,25-40)22-27-15-7-2-8-16-27/h1-20,25,30-31,35-39H,21-24H2/t30?,31-,32+,33-,34-/m1/s1. The number of hydrogen-bond acceptors (Lipinski definition) is 6. The van der Waals surface area contributed by atoms with Crippen LogP contribution in [0.4, 0.5) is 0 Å². The summed E-state index contributed by atoms with van der Waals surface area (Å²) in [5.41, 5.74) is -4.42. The highest BCUT2D eigenvalue weighted by Gasteiger charge is 2.64. The number of aliphatic hydroxyl groups is 5. The van der Waals surface area contributed by atoms with Crippen LogP contribution in [0, 0.1) is 0 Å². The van der Waals surface area contributed by atoms with Gasteiger partial charge in [0.15, 0.2) is 0 Å². The van der Waals surface area contributed by atoms with Gasteiger partial charge in [0.2, 0.25) is 0 Å². The van der Waals surface area contributed by atoms with E-state index in [0.717, 1.165) is 10.9 Å². The Kier molecular flexibility index (Phi) is 9.64. The van der Waals surface area contributed by atoms with Crippen molar-refractivity contribution in [3.63, 3.8) is 0 Å². The summed E-state index contributed by atoms with van der Waals surface area (Å²) in [6.45, 7) is 0. The van der Waals surface area contributed by atoms with E-state index in [-0.39, 0.29) is 25.7 Å². The average Bonchev–Trinajstić information content (AvgIpc) is 2.98. The molecule has 1 unspecified atom stereocenters. The lowest BCUT2D eigenvalue weighted by Gasteiger charge is -2.54. The third kappa shape index (κ3) is 6.39. The lowest BCUT2D eigenvalue weighted by Crippen LogP contribution is -2.76. The van der Waals surface area contributed by atoms with Gasteiger partial charge in [0.25, 0.3) is 0 Å². The molecule has 0 aromatic heterocycles. The van der Waals surface area contributed by atoms with Crippen molar-refractivity contribution >= 4 is 17.6 Å². The first-order chi connectivity index (χ1) is 19.2. The maximum absolute atomic E-state index is 12.7. The molecule has 0 aliphatic carbocycles. The van der Waals surface area contributed by atoms with Crippen LogP contribution < -0.4 is 0 Å². The van der Waals surface area contributed by atoms with Gasteiger partial charge in [0.1, 0.15) is 22.9 Å². The first kappa shape index (κ1) is 29.7. The zero-order valence-electron chi connectivity index (χ0n) is 22.3. The Bertz CT molecular complexity index is 1340. The van der Waals surface area contributed by atoms with Gasteiger partial charge >= 0.3 is 0 Å². The minimum atomic E-state index is -2.45. The van der Waals surface area contributed by atoms with Gasteiger partial charge < -0.3 is 25.5 Å². The molecular weight excluding hydrogens is 520 g/mol. The van der Waals surface area contributed by atoms with Gasteiger partial charge in [-0.25, -0.2) is 0 Å². The summed E-state index contributed by atoms with van der Waals surface area (Å²) in [6.07, 6.45) is -3.94. The summed E-state index contributed by atoms with van der Waals surface area (Å²) in [5.74, 6) is 0. The van der Waals surface area contributed by atoms with Crippen LogP contribution in [0.3, 0.4) is 0 Å². The van der Waals surface area contributed by atoms with E-state index in [0.29, 0.717) is 16.7 Å². The fraction of sp³-hybridized carbons (Fsp3) is 0.265. The SMILES string of the molecule is OC(Cc1ccccc1)[C@@H](O)[C@](O)(Cc1ccccc1)[C@@](O)(Cc1ccccc1)[C@@](O)(C=S)Cc1ccccc1. The van der Waals surface area contributed by atoms with Gasteiger partial charge in [-0.2, -0.15) is 0 Å². The Morgan fingerprint density at radius 1 is 0.550 bits per heavy atom. The maximum atomic E-state index is 12.7. The monoisotopic (exact) mass is 556 g/mol. The van der Waals surface area contributed by atoms with Crippen molar-refractivity contribution < 1.29 is 25.5 Å². The molecule has 5 nitrogen and oxygen atoms in total. The molecule has 4 rings (SSSR count). The van der Waals surface area contributed by atoms with E-state index in [2.05, 4.69) is 0 Å². The molecule has 5 atom stereocenters. The van der Waals surface area contributed by atoms with Crippen LogP contribution in [-0.2, 0) is 25.7 Å². The second-order valence-corrected chi connectivity index (χ2v) is 10.8. The van der Waals surface area contributed by atoms with Crippen LogP contribution in [0.15, 0.2) is 121 Å². The van der Waals surface area contributed by atoms with E-state index in [1.165, 1.54) is 0 Å². The molecule has 0 aliphatic heterocycles. The van der Waals surface area contributed by atoms with E-state index in [4.69, 9.17) is 12.2 Å². The molecule has 4 aromatic rings. The van der Waals surface area contributed by atoms with E-state index in [9.17, 15) is 25.5 Å². The Morgan fingerprint density at radius 2 is 0.925 bits per heavy atom. The molecule has 0 radical (unpaired) electrons. The van der Waals surface area contributed by atoms with Crippen LogP contribution in [0.2, 0.25) is 0 Å². The molecule has 5 N–H and O–H groups in total. The molecule has 0 aliphatic rings. The first-order valence-corrected chi connectivity index (χ1v) is 13.8. The minimum Gasteiger partial charge on any atom is -0.390 e. The molecular formula is C34H36O5S. The van der Waals surface area contributed by atoms with Gasteiger partial charge in [-0.1, -0.05) is 134 Å². The lowest BCUT2D eigenvalue weighted by atomic mass is 9.61. The molecule has 40 heavy (non-hydrogen) atoms. The third-order valence-corrected chi connectivity index (χ3v) is 8.09. The second-order valence-electron chi connectivity index (χ2n) is 10.5. The number of rotatable bonds is 13. The fourth-order valence-electron chi connectivity index (χ4n) is 5.45. The van der Waals surface area contributed by atoms with Gasteiger partial charge in [0.05, 0.1) is 6.10 Å². The molecule has 208 valence electrons. The number of thiocarbonyl (C=S) groups is 1. The van der Waals surface area contributed by atoms with Crippen molar-refractivity contribution in [1.29, 1.82) is 0 Å². The molecule has 0 spiro atoms. The molecule has 0 fully saturated rings. The second kappa shape index (κ2) is 13.0. The summed E-state index contributed by atoms with van der Waals surface area (Å²) >= 11 is 5.35. The lowest BCUT2D eigenvalue weighted by molar-refractivity contribution is -0.266. The molecule has 0 heterocycles. The maximum Gasteiger partial charge on any atom is 0.133 e. The number of benzene rings is 4. The first-order valence-electron chi connectivity index (χ1n) is 13.4. The van der Waals surface area contributed by atoms with E-state index in [1.807, 2.05) is 60.7 Å². The summed E-state index contributed by atoms with van der Waals surface area (Å²) < 4.78 is 0. The molecule has 0 saturated heterocycles. The third-order valence-electron chi connectivity index (χ3n) is 7.70. The Hall–Kier alpha value is -3.23. The predicted molar refractivity (Wildman–Crippen MR) is 161 cm³/mol. The van der Waals surface area contributed by atoms with Crippen molar-refractivity contribution in [1.82, 2.24) is 0 Å². The van der Waals surface area contributed by atoms with E-state index >= 15 is 0 Å². The fourth-order valence-corrected chi connectivity index (χ4v) is 5.73. The molecule has 6 heteroatoms. The average molecular weight is 557 g/mol. The smallest absolute Gasteiger partial charge is 0.133 e. The van der Waals surface area contributed by atoms with Crippen molar-refractivity contribution in [3.05, 3.63) is 144 Å². The molecule has 4 aromatic carbocycles. The van der Waals surface area contributed by atoms with Crippen LogP contribution in [0.1, 0.15) is 22.3 Å². The summed E-state index contributed by atoms with van der Waals surface area (Å²) in [7, 11) is 0. The minimum absolute atomic E-state index is 0.0230. The highest BCUT2D eigenvalue weighted by atomic mass is 32.1.